The van der Waals surface area contributed by atoms with Crippen LogP contribution in [0.25, 0.3) is 33.4 Å². The fourth-order valence-electron chi connectivity index (χ4n) is 5.57. The first-order valence-electron chi connectivity index (χ1n) is 15.0. The Kier molecular flexibility index (Phi) is 9.59. The van der Waals surface area contributed by atoms with Crippen LogP contribution in [0.2, 0.25) is 10.0 Å². The first-order valence-corrected chi connectivity index (χ1v) is 15.7. The third kappa shape index (κ3) is 6.56. The highest BCUT2D eigenvalue weighted by Gasteiger charge is 2.24. The van der Waals surface area contributed by atoms with Crippen molar-refractivity contribution in [2.75, 3.05) is 19.0 Å². The van der Waals surface area contributed by atoms with Crippen LogP contribution in [0, 0.1) is 0 Å². The molecule has 49 heavy (non-hydrogen) atoms. The number of carbonyl (C=O) groups excluding carboxylic acids is 1. The van der Waals surface area contributed by atoms with E-state index in [0.717, 1.165) is 15.6 Å². The zero-order valence-corrected chi connectivity index (χ0v) is 27.9. The highest BCUT2D eigenvalue weighted by molar-refractivity contribution is 6.39. The number of benzene rings is 2. The van der Waals surface area contributed by atoms with Gasteiger partial charge in [-0.2, -0.15) is 0 Å². The Balaban J connectivity index is 1.33. The zero-order chi connectivity index (χ0) is 35.0. The van der Waals surface area contributed by atoms with E-state index in [1.165, 1.54) is 21.2 Å². The lowest BCUT2D eigenvalue weighted by atomic mass is 10.0. The van der Waals surface area contributed by atoms with Crippen molar-refractivity contribution >= 4 is 51.6 Å². The Morgan fingerprint density at radius 2 is 1.71 bits per heavy atom. The molecule has 1 aliphatic heterocycles. The van der Waals surface area contributed by atoms with Crippen molar-refractivity contribution in [2.24, 2.45) is 14.1 Å². The molecule has 0 radical (unpaired) electrons. The Morgan fingerprint density at radius 1 is 1.00 bits per heavy atom. The molecule has 3 aromatic heterocycles. The molecule has 13 nitrogen and oxygen atoms in total. The van der Waals surface area contributed by atoms with Gasteiger partial charge in [-0.15, -0.1) is 0 Å². The fraction of sp³-hybridized carbons (Fsp3) is 0.281. The normalized spacial score (nSPS) is 14.4. The van der Waals surface area contributed by atoms with E-state index < -0.39 is 23.5 Å². The number of ether oxygens (including phenoxy) is 1. The Hall–Kier alpha value is -4.99. The van der Waals surface area contributed by atoms with Gasteiger partial charge in [0.2, 0.25) is 11.8 Å². The van der Waals surface area contributed by atoms with Crippen molar-refractivity contribution < 1.29 is 18.3 Å². The minimum atomic E-state index is -3.08. The van der Waals surface area contributed by atoms with Gasteiger partial charge in [-0.1, -0.05) is 53.5 Å². The third-order valence-corrected chi connectivity index (χ3v) is 8.92. The molecule has 3 N–H and O–H groups in total. The highest BCUT2D eigenvalue weighted by atomic mass is 35.5. The van der Waals surface area contributed by atoms with Gasteiger partial charge >= 0.3 is 5.69 Å². The van der Waals surface area contributed by atoms with Crippen molar-refractivity contribution in [1.29, 1.82) is 0 Å². The van der Waals surface area contributed by atoms with Crippen LogP contribution >= 0.6 is 23.2 Å². The molecule has 0 spiro atoms. The number of hydrogen-bond acceptors (Lipinski definition) is 10. The van der Waals surface area contributed by atoms with E-state index in [4.69, 9.17) is 27.9 Å². The van der Waals surface area contributed by atoms with Crippen molar-refractivity contribution in [3.63, 3.8) is 0 Å². The van der Waals surface area contributed by atoms with Crippen LogP contribution in [0.1, 0.15) is 30.8 Å². The summed E-state index contributed by atoms with van der Waals surface area (Å²) in [7, 11) is 4.08. The fourth-order valence-corrected chi connectivity index (χ4v) is 6.17. The van der Waals surface area contributed by atoms with Gasteiger partial charge in [0.05, 0.1) is 34.7 Å². The number of nitrogens with zero attached hydrogens (tertiary/aromatic N) is 6. The van der Waals surface area contributed by atoms with Crippen molar-refractivity contribution in [3.05, 3.63) is 85.0 Å². The second kappa shape index (κ2) is 13.9. The van der Waals surface area contributed by atoms with Crippen LogP contribution in [0.4, 0.5) is 20.3 Å². The molecule has 1 unspecified atom stereocenters. The van der Waals surface area contributed by atoms with Gasteiger partial charge in [0.25, 0.3) is 12.0 Å². The summed E-state index contributed by atoms with van der Waals surface area (Å²) in [5.41, 5.74) is 1.02. The number of halogens is 4. The molecule has 1 amide bonds. The number of alkyl halides is 2. The number of anilines is 2. The lowest BCUT2D eigenvalue weighted by Crippen LogP contribution is -2.38. The molecule has 1 atom stereocenters. The van der Waals surface area contributed by atoms with E-state index in [2.05, 4.69) is 35.9 Å². The van der Waals surface area contributed by atoms with Crippen LogP contribution in [-0.4, -0.2) is 54.7 Å². The maximum absolute atomic E-state index is 13.8. The van der Waals surface area contributed by atoms with Crippen molar-refractivity contribution in [1.82, 2.24) is 39.7 Å². The summed E-state index contributed by atoms with van der Waals surface area (Å²) < 4.78 is 35.0. The minimum Gasteiger partial charge on any atom is -0.480 e. The predicted octanol–water partition coefficient (Wildman–Crippen LogP) is 4.52. The number of fused-ring (bicyclic) bond motifs is 1. The molecule has 0 bridgehead atoms. The van der Waals surface area contributed by atoms with E-state index in [9.17, 15) is 23.2 Å². The summed E-state index contributed by atoms with van der Waals surface area (Å²) in [4.78, 5) is 54.0. The molecule has 6 rings (SSSR count). The van der Waals surface area contributed by atoms with Crippen LogP contribution in [0.5, 0.6) is 5.88 Å². The highest BCUT2D eigenvalue weighted by Crippen LogP contribution is 2.42. The first kappa shape index (κ1) is 33.9. The average molecular weight is 713 g/mol. The molecule has 1 fully saturated rings. The maximum Gasteiger partial charge on any atom is 0.332 e. The summed E-state index contributed by atoms with van der Waals surface area (Å²) in [6, 6.07) is 10.3. The Morgan fingerprint density at radius 3 is 2.41 bits per heavy atom. The second-order valence-electron chi connectivity index (χ2n) is 11.2. The number of aryl methyl sites for hydroxylation is 1. The largest absolute Gasteiger partial charge is 0.480 e. The summed E-state index contributed by atoms with van der Waals surface area (Å²) in [5.74, 6) is -0.779. The summed E-state index contributed by atoms with van der Waals surface area (Å²) in [6.07, 6.45) is -0.219. The van der Waals surface area contributed by atoms with E-state index in [0.29, 0.717) is 58.5 Å². The van der Waals surface area contributed by atoms with Gasteiger partial charge < -0.3 is 20.7 Å². The standard InChI is InChI=1S/C32H29Cl2F2N9O4/c1-44-29-23(31(47)45(2)32(44)48)27(42-28(43-29)26(35)36)40-19-9-5-7-17(25(19)34)16-6-4-8-18(24(16)33)20-14-38-21(30(41-20)49-3)13-37-12-15-10-11-22(46)39-15/h4-9,14-15,26,37H,10-13H2,1-3H3,(H,39,46)(H,40,42,43). The van der Waals surface area contributed by atoms with Crippen molar-refractivity contribution in [3.8, 4) is 28.3 Å². The van der Waals surface area contributed by atoms with Crippen LogP contribution < -0.4 is 31.9 Å². The lowest BCUT2D eigenvalue weighted by molar-refractivity contribution is -0.119. The van der Waals surface area contributed by atoms with Crippen LogP contribution in [0.3, 0.4) is 0 Å². The number of methoxy groups -OCH3 is 1. The number of rotatable bonds is 10. The number of hydrogen-bond donors (Lipinski definition) is 3. The smallest absolute Gasteiger partial charge is 0.332 e. The van der Waals surface area contributed by atoms with Gasteiger partial charge in [0.15, 0.2) is 11.5 Å². The molecule has 17 heteroatoms. The molecule has 0 aliphatic carbocycles. The number of aromatic nitrogens is 6. The molecule has 5 aromatic rings. The van der Waals surface area contributed by atoms with Gasteiger partial charge in [-0.3, -0.25) is 23.7 Å². The van der Waals surface area contributed by atoms with Gasteiger partial charge in [-0.25, -0.2) is 28.5 Å². The predicted molar refractivity (Wildman–Crippen MR) is 181 cm³/mol. The average Bonchev–Trinajstić information content (AvgIpc) is 3.51. The molecule has 2 aromatic carbocycles. The van der Waals surface area contributed by atoms with Gasteiger partial charge in [0.1, 0.15) is 16.9 Å². The number of nitrogens with one attached hydrogen (secondary N) is 3. The second-order valence-corrected chi connectivity index (χ2v) is 12.0. The Bertz CT molecular complexity index is 2230. The van der Waals surface area contributed by atoms with E-state index >= 15 is 0 Å². The number of carbonyl (C=O) groups is 1. The maximum atomic E-state index is 13.8. The molecule has 1 saturated heterocycles. The molecule has 1 aliphatic rings. The zero-order valence-electron chi connectivity index (χ0n) is 26.4. The molecule has 0 saturated carbocycles. The first-order chi connectivity index (χ1) is 23.5. The summed E-state index contributed by atoms with van der Waals surface area (Å²) in [6.45, 7) is 0.951. The van der Waals surface area contributed by atoms with E-state index in [1.807, 2.05) is 0 Å². The third-order valence-electron chi connectivity index (χ3n) is 8.10. The molecular weight excluding hydrogens is 683 g/mol. The molecular formula is C32H29Cl2F2N9O4. The number of amides is 1. The van der Waals surface area contributed by atoms with Gasteiger partial charge in [0, 0.05) is 56.3 Å². The molecule has 4 heterocycles. The van der Waals surface area contributed by atoms with Crippen LogP contribution in [0.15, 0.2) is 52.2 Å². The van der Waals surface area contributed by atoms with E-state index in [1.54, 1.807) is 42.6 Å². The van der Waals surface area contributed by atoms with Crippen molar-refractivity contribution in [2.45, 2.75) is 31.9 Å². The van der Waals surface area contributed by atoms with Gasteiger partial charge in [-0.05, 0) is 12.5 Å². The Labute approximate surface area is 287 Å². The monoisotopic (exact) mass is 711 g/mol. The van der Waals surface area contributed by atoms with E-state index in [-0.39, 0.29) is 39.5 Å². The quantitative estimate of drug-likeness (QED) is 0.188. The molecule has 254 valence electrons. The minimum absolute atomic E-state index is 0.0425. The topological polar surface area (TPSA) is 158 Å². The summed E-state index contributed by atoms with van der Waals surface area (Å²) >= 11 is 13.8. The lowest BCUT2D eigenvalue weighted by Gasteiger charge is -2.16. The SMILES string of the molecule is COc1nc(-c2cccc(-c3cccc(Nc4nc(C(F)F)nc5c4c(=O)n(C)c(=O)n5C)c3Cl)c2Cl)cnc1CNCC1CCC(=O)N1. The van der Waals surface area contributed by atoms with Crippen LogP contribution in [-0.2, 0) is 25.4 Å². The summed E-state index contributed by atoms with van der Waals surface area (Å²) in [5, 5.41) is 9.37.